The summed E-state index contributed by atoms with van der Waals surface area (Å²) in [6.07, 6.45) is 13.5. The third-order valence-electron chi connectivity index (χ3n) is 1.78. The number of allylic oxidation sites excluding steroid dienone is 4. The molecular formula is C13H18INOS. The topological polar surface area (TPSA) is 20.3 Å². The fourth-order valence-corrected chi connectivity index (χ4v) is 2.15. The Hall–Kier alpha value is -0.490. The van der Waals surface area contributed by atoms with Crippen molar-refractivity contribution in [3.63, 3.8) is 0 Å². The van der Waals surface area contributed by atoms with Gasteiger partial charge in [-0.1, -0.05) is 30.9 Å². The number of hydrogen-bond acceptors (Lipinski definition) is 3. The van der Waals surface area contributed by atoms with E-state index >= 15 is 0 Å². The molecule has 0 atom stereocenters. The summed E-state index contributed by atoms with van der Waals surface area (Å²) in [7, 11) is 0. The SMILES string of the molecule is C=CC/C=C/CSN(I)/C=C/CCC(=C)C=O. The second kappa shape index (κ2) is 12.0. The number of nitrogens with zero attached hydrogens (tertiary/aromatic N) is 1. The maximum Gasteiger partial charge on any atom is 0.145 e. The lowest BCUT2D eigenvalue weighted by molar-refractivity contribution is -0.105. The molecule has 94 valence electrons. The summed E-state index contributed by atoms with van der Waals surface area (Å²) < 4.78 is 2.03. The first kappa shape index (κ1) is 16.5. The van der Waals surface area contributed by atoms with Crippen LogP contribution in [0, 0.1) is 0 Å². The number of carbonyl (C=O) groups excluding carboxylic acids is 1. The van der Waals surface area contributed by atoms with E-state index in [0.717, 1.165) is 31.3 Å². The molecule has 0 N–H and O–H groups in total. The van der Waals surface area contributed by atoms with Crippen molar-refractivity contribution in [1.29, 1.82) is 0 Å². The zero-order chi connectivity index (χ0) is 12.9. The fraction of sp³-hybridized carbons (Fsp3) is 0.308. The van der Waals surface area contributed by atoms with Crippen LogP contribution in [0.1, 0.15) is 19.3 Å². The Kier molecular flexibility index (Phi) is 11.6. The molecule has 0 amide bonds. The average molecular weight is 363 g/mol. The zero-order valence-electron chi connectivity index (χ0n) is 9.85. The van der Waals surface area contributed by atoms with Gasteiger partial charge in [-0.3, -0.25) is 7.31 Å². The zero-order valence-corrected chi connectivity index (χ0v) is 12.8. The van der Waals surface area contributed by atoms with E-state index < -0.39 is 0 Å². The molecule has 0 aliphatic carbocycles. The number of carbonyl (C=O) groups is 1. The highest BCUT2D eigenvalue weighted by Gasteiger charge is 1.92. The fourth-order valence-electron chi connectivity index (χ4n) is 0.903. The van der Waals surface area contributed by atoms with Crippen molar-refractivity contribution in [2.45, 2.75) is 19.3 Å². The molecule has 0 unspecified atom stereocenters. The highest BCUT2D eigenvalue weighted by Crippen LogP contribution is 2.17. The minimum atomic E-state index is 0.648. The average Bonchev–Trinajstić information content (AvgIpc) is 2.34. The summed E-state index contributed by atoms with van der Waals surface area (Å²) >= 11 is 3.94. The molecule has 17 heavy (non-hydrogen) atoms. The Balaban J connectivity index is 3.59. The molecule has 0 saturated heterocycles. The van der Waals surface area contributed by atoms with E-state index in [0.29, 0.717) is 5.57 Å². The Labute approximate surface area is 122 Å². The summed E-state index contributed by atoms with van der Waals surface area (Å²) in [5.74, 6) is 0.947. The molecule has 0 aromatic carbocycles. The van der Waals surface area contributed by atoms with Crippen LogP contribution in [0.3, 0.4) is 0 Å². The Morgan fingerprint density at radius 3 is 2.76 bits per heavy atom. The summed E-state index contributed by atoms with van der Waals surface area (Å²) in [5.41, 5.74) is 0.648. The van der Waals surface area contributed by atoms with Gasteiger partial charge >= 0.3 is 0 Å². The predicted molar refractivity (Wildman–Crippen MR) is 85.8 cm³/mol. The van der Waals surface area contributed by atoms with E-state index in [9.17, 15) is 4.79 Å². The van der Waals surface area contributed by atoms with Crippen molar-refractivity contribution in [3.05, 3.63) is 49.2 Å². The molecule has 0 bridgehead atoms. The van der Waals surface area contributed by atoms with Gasteiger partial charge in [-0.25, -0.2) is 0 Å². The summed E-state index contributed by atoms with van der Waals surface area (Å²) in [6, 6.07) is 0. The summed E-state index contributed by atoms with van der Waals surface area (Å²) in [4.78, 5) is 10.3. The Morgan fingerprint density at radius 1 is 1.35 bits per heavy atom. The van der Waals surface area contributed by atoms with Gasteiger partial charge in [0.05, 0.1) is 22.9 Å². The predicted octanol–water partition coefficient (Wildman–Crippen LogP) is 4.47. The Bertz CT molecular complexity index is 300. The quantitative estimate of drug-likeness (QED) is 0.143. The van der Waals surface area contributed by atoms with Crippen LogP contribution in [0.2, 0.25) is 0 Å². The van der Waals surface area contributed by atoms with E-state index in [-0.39, 0.29) is 0 Å². The van der Waals surface area contributed by atoms with Crippen molar-refractivity contribution in [3.8, 4) is 0 Å². The van der Waals surface area contributed by atoms with Gasteiger partial charge in [0.1, 0.15) is 6.29 Å². The molecule has 0 spiro atoms. The molecule has 0 radical (unpaired) electrons. The minimum Gasteiger partial charge on any atom is -0.298 e. The molecule has 4 heteroatoms. The van der Waals surface area contributed by atoms with Gasteiger partial charge < -0.3 is 0 Å². The first-order chi connectivity index (χ1) is 8.20. The van der Waals surface area contributed by atoms with E-state index in [2.05, 4.69) is 48.2 Å². The summed E-state index contributed by atoms with van der Waals surface area (Å²) in [5, 5.41) is 0. The second-order valence-electron chi connectivity index (χ2n) is 3.26. The van der Waals surface area contributed by atoms with Crippen LogP contribution in [-0.2, 0) is 4.79 Å². The molecule has 0 aliphatic rings. The molecule has 0 rings (SSSR count). The lowest BCUT2D eigenvalue weighted by atomic mass is 10.2. The van der Waals surface area contributed by atoms with Crippen molar-refractivity contribution < 1.29 is 4.79 Å². The number of rotatable bonds is 10. The smallest absolute Gasteiger partial charge is 0.145 e. The maximum absolute atomic E-state index is 10.3. The highest BCUT2D eigenvalue weighted by molar-refractivity contribution is 14.1. The molecule has 0 saturated carbocycles. The van der Waals surface area contributed by atoms with Gasteiger partial charge in [-0.05, 0) is 36.8 Å². The number of halogens is 1. The van der Waals surface area contributed by atoms with Crippen molar-refractivity contribution in [2.24, 2.45) is 0 Å². The Morgan fingerprint density at radius 2 is 2.12 bits per heavy atom. The third-order valence-corrected chi connectivity index (χ3v) is 3.65. The van der Waals surface area contributed by atoms with E-state index in [4.69, 9.17) is 0 Å². The van der Waals surface area contributed by atoms with Crippen LogP contribution in [0.4, 0.5) is 0 Å². The maximum atomic E-state index is 10.3. The number of hydrogen-bond donors (Lipinski definition) is 0. The molecular weight excluding hydrogens is 345 g/mol. The lowest BCUT2D eigenvalue weighted by Crippen LogP contribution is -1.90. The van der Waals surface area contributed by atoms with Crippen LogP contribution < -0.4 is 0 Å². The van der Waals surface area contributed by atoms with Gasteiger partial charge in [0.15, 0.2) is 0 Å². The van der Waals surface area contributed by atoms with E-state index in [1.807, 2.05) is 20.9 Å². The van der Waals surface area contributed by atoms with Crippen molar-refractivity contribution in [2.75, 3.05) is 5.75 Å². The van der Waals surface area contributed by atoms with Gasteiger partial charge in [-0.15, -0.1) is 6.58 Å². The standard InChI is InChI=1S/C13H18INOS/c1-3-4-5-8-11-17-15(14)10-7-6-9-13(2)12-16/h3,5,7-8,10,12H,1-2,4,6,9,11H2/b8-5+,10-7+. The monoisotopic (exact) mass is 363 g/mol. The van der Waals surface area contributed by atoms with Gasteiger partial charge in [0, 0.05) is 12.0 Å². The minimum absolute atomic E-state index is 0.648. The number of aldehydes is 1. The molecule has 0 aromatic heterocycles. The highest BCUT2D eigenvalue weighted by atomic mass is 127. The van der Waals surface area contributed by atoms with Crippen LogP contribution in [-0.4, -0.2) is 14.6 Å². The van der Waals surface area contributed by atoms with Crippen LogP contribution >= 0.6 is 34.8 Å². The largest absolute Gasteiger partial charge is 0.298 e. The van der Waals surface area contributed by atoms with Gasteiger partial charge in [-0.2, -0.15) is 0 Å². The van der Waals surface area contributed by atoms with E-state index in [1.165, 1.54) is 0 Å². The van der Waals surface area contributed by atoms with Gasteiger partial charge in [0.25, 0.3) is 0 Å². The molecule has 2 nitrogen and oxygen atoms in total. The first-order valence-corrected chi connectivity index (χ1v) is 7.25. The normalized spacial score (nSPS) is 10.9. The molecule has 0 heterocycles. The van der Waals surface area contributed by atoms with Crippen molar-refractivity contribution >= 4 is 41.1 Å². The van der Waals surface area contributed by atoms with Crippen molar-refractivity contribution in [1.82, 2.24) is 2.52 Å². The van der Waals surface area contributed by atoms with Crippen LogP contribution in [0.25, 0.3) is 0 Å². The molecule has 0 fully saturated rings. The first-order valence-electron chi connectivity index (χ1n) is 5.34. The lowest BCUT2D eigenvalue weighted by Gasteiger charge is -2.07. The summed E-state index contributed by atoms with van der Waals surface area (Å²) in [6.45, 7) is 7.28. The third kappa shape index (κ3) is 11.8. The molecule has 0 aromatic rings. The second-order valence-corrected chi connectivity index (χ2v) is 5.94. The van der Waals surface area contributed by atoms with Gasteiger partial charge in [0.2, 0.25) is 0 Å². The van der Waals surface area contributed by atoms with Crippen LogP contribution in [0.5, 0.6) is 0 Å². The van der Waals surface area contributed by atoms with Crippen LogP contribution in [0.15, 0.2) is 49.2 Å². The van der Waals surface area contributed by atoms with E-state index in [1.54, 1.807) is 11.9 Å². The molecule has 0 aliphatic heterocycles.